The lowest BCUT2D eigenvalue weighted by Crippen LogP contribution is -2.26. The molecule has 0 bridgehead atoms. The molecule has 1 aliphatic carbocycles. The molecule has 1 saturated carbocycles. The van der Waals surface area contributed by atoms with Gasteiger partial charge < -0.3 is 9.84 Å². The van der Waals surface area contributed by atoms with Gasteiger partial charge in [-0.2, -0.15) is 11.8 Å². The van der Waals surface area contributed by atoms with E-state index >= 15 is 0 Å². The molecule has 0 amide bonds. The molecule has 1 aromatic rings. The number of hydrogen-bond acceptors (Lipinski definition) is 3. The fraction of sp³-hybridized carbons (Fsp3) is 0.600. The first-order chi connectivity index (χ1) is 8.67. The highest BCUT2D eigenvalue weighted by Gasteiger charge is 2.37. The molecule has 1 N–H and O–H groups in total. The molecular formula is C15H20O2S. The van der Waals surface area contributed by atoms with Crippen molar-refractivity contribution in [2.45, 2.75) is 49.6 Å². The molecule has 0 radical (unpaired) electrons. The lowest BCUT2D eigenvalue weighted by molar-refractivity contribution is 0.134. The van der Waals surface area contributed by atoms with Gasteiger partial charge in [0.2, 0.25) is 0 Å². The van der Waals surface area contributed by atoms with Gasteiger partial charge in [0, 0.05) is 4.75 Å². The van der Waals surface area contributed by atoms with Crippen molar-refractivity contribution < 1.29 is 9.84 Å². The number of hydrogen-bond donors (Lipinski definition) is 1. The molecule has 2 atom stereocenters. The van der Waals surface area contributed by atoms with E-state index in [1.54, 1.807) is 0 Å². The zero-order valence-corrected chi connectivity index (χ0v) is 11.6. The summed E-state index contributed by atoms with van der Waals surface area (Å²) in [7, 11) is 0. The molecule has 2 nitrogen and oxygen atoms in total. The largest absolute Gasteiger partial charge is 0.490 e. The highest BCUT2D eigenvalue weighted by atomic mass is 32.2. The zero-order valence-electron chi connectivity index (χ0n) is 10.8. The Bertz CT molecular complexity index is 422. The summed E-state index contributed by atoms with van der Waals surface area (Å²) < 4.78 is 5.76. The minimum Gasteiger partial charge on any atom is -0.490 e. The summed E-state index contributed by atoms with van der Waals surface area (Å²) in [6.07, 6.45) is 4.64. The number of aliphatic hydroxyl groups is 1. The van der Waals surface area contributed by atoms with Gasteiger partial charge in [-0.3, -0.25) is 0 Å². The van der Waals surface area contributed by atoms with Gasteiger partial charge in [0.25, 0.3) is 0 Å². The molecule has 1 aliphatic heterocycles. The average Bonchev–Trinajstić information content (AvgIpc) is 3.08. The second-order valence-corrected chi connectivity index (χ2v) is 7.19. The third kappa shape index (κ3) is 2.52. The van der Waals surface area contributed by atoms with Crippen molar-refractivity contribution in [3.05, 3.63) is 29.8 Å². The Hall–Kier alpha value is -0.670. The standard InChI is InChI=1S/C15H20O2S/c1-15(8-3-9-18-15)14(16)11-4-2-5-13(10-11)17-12-6-7-12/h2,4-5,10,12,14,16H,3,6-9H2,1H3. The van der Waals surface area contributed by atoms with Crippen molar-refractivity contribution >= 4 is 11.8 Å². The number of ether oxygens (including phenoxy) is 1. The second-order valence-electron chi connectivity index (χ2n) is 5.56. The molecule has 3 heteroatoms. The Kier molecular flexibility index (Phi) is 3.29. The van der Waals surface area contributed by atoms with E-state index in [9.17, 15) is 5.11 Å². The van der Waals surface area contributed by atoms with Gasteiger partial charge in [-0.1, -0.05) is 12.1 Å². The van der Waals surface area contributed by atoms with E-state index in [0.29, 0.717) is 6.10 Å². The molecule has 18 heavy (non-hydrogen) atoms. The van der Waals surface area contributed by atoms with E-state index in [-0.39, 0.29) is 4.75 Å². The van der Waals surface area contributed by atoms with Crippen molar-refractivity contribution in [1.82, 2.24) is 0 Å². The van der Waals surface area contributed by atoms with Gasteiger partial charge in [-0.05, 0) is 56.1 Å². The van der Waals surface area contributed by atoms with Gasteiger partial charge in [-0.25, -0.2) is 0 Å². The summed E-state index contributed by atoms with van der Waals surface area (Å²) in [5, 5.41) is 10.6. The fourth-order valence-electron chi connectivity index (χ4n) is 2.51. The average molecular weight is 264 g/mol. The molecule has 0 aromatic heterocycles. The van der Waals surface area contributed by atoms with Crippen LogP contribution in [0.25, 0.3) is 0 Å². The van der Waals surface area contributed by atoms with Crippen LogP contribution in [0.3, 0.4) is 0 Å². The van der Waals surface area contributed by atoms with E-state index < -0.39 is 6.10 Å². The molecule has 98 valence electrons. The maximum absolute atomic E-state index is 10.6. The minimum absolute atomic E-state index is 0.0296. The number of thioether (sulfide) groups is 1. The number of rotatable bonds is 4. The van der Waals surface area contributed by atoms with Crippen LogP contribution in [0.4, 0.5) is 0 Å². The van der Waals surface area contributed by atoms with Crippen LogP contribution in [0.1, 0.15) is 44.3 Å². The molecule has 0 spiro atoms. The van der Waals surface area contributed by atoms with Crippen LogP contribution in [0.5, 0.6) is 5.75 Å². The van der Waals surface area contributed by atoms with Crippen molar-refractivity contribution in [2.24, 2.45) is 0 Å². The van der Waals surface area contributed by atoms with E-state index in [1.807, 2.05) is 36.0 Å². The predicted octanol–water partition coefficient (Wildman–Crippen LogP) is 3.55. The molecule has 1 aromatic carbocycles. The molecule has 2 aliphatic rings. The monoisotopic (exact) mass is 264 g/mol. The van der Waals surface area contributed by atoms with E-state index in [1.165, 1.54) is 19.3 Å². The van der Waals surface area contributed by atoms with Gasteiger partial charge in [-0.15, -0.1) is 0 Å². The summed E-state index contributed by atoms with van der Waals surface area (Å²) in [4.78, 5) is 0. The normalized spacial score (nSPS) is 29.2. The van der Waals surface area contributed by atoms with Crippen LogP contribution in [0, 0.1) is 0 Å². The Morgan fingerprint density at radius 3 is 2.94 bits per heavy atom. The first kappa shape index (κ1) is 12.4. The fourth-order valence-corrected chi connectivity index (χ4v) is 3.84. The van der Waals surface area contributed by atoms with Crippen molar-refractivity contribution in [2.75, 3.05) is 5.75 Å². The zero-order chi connectivity index (χ0) is 12.6. The van der Waals surface area contributed by atoms with Crippen molar-refractivity contribution in [3.63, 3.8) is 0 Å². The Labute approximate surface area is 113 Å². The SMILES string of the molecule is CC1(C(O)c2cccc(OC3CC3)c2)CCCS1. The van der Waals surface area contributed by atoms with Crippen LogP contribution in [-0.2, 0) is 0 Å². The summed E-state index contributed by atoms with van der Waals surface area (Å²) in [5.74, 6) is 2.06. The lowest BCUT2D eigenvalue weighted by Gasteiger charge is -2.29. The molecule has 1 saturated heterocycles. The summed E-state index contributed by atoms with van der Waals surface area (Å²) >= 11 is 1.89. The minimum atomic E-state index is -0.396. The Balaban J connectivity index is 1.77. The van der Waals surface area contributed by atoms with E-state index in [2.05, 4.69) is 6.92 Å². The highest BCUT2D eigenvalue weighted by Crippen LogP contribution is 2.46. The van der Waals surface area contributed by atoms with E-state index in [0.717, 1.165) is 23.5 Å². The topological polar surface area (TPSA) is 29.5 Å². The van der Waals surface area contributed by atoms with Crippen LogP contribution in [0.15, 0.2) is 24.3 Å². The molecule has 2 unspecified atom stereocenters. The van der Waals surface area contributed by atoms with Gasteiger partial charge in [0.1, 0.15) is 5.75 Å². The number of aliphatic hydroxyl groups excluding tert-OH is 1. The van der Waals surface area contributed by atoms with Crippen molar-refractivity contribution in [3.8, 4) is 5.75 Å². The molecule has 1 heterocycles. The van der Waals surface area contributed by atoms with Crippen molar-refractivity contribution in [1.29, 1.82) is 0 Å². The summed E-state index contributed by atoms with van der Waals surface area (Å²) in [5.41, 5.74) is 0.991. The van der Waals surface area contributed by atoms with Gasteiger partial charge >= 0.3 is 0 Å². The van der Waals surface area contributed by atoms with Gasteiger partial charge in [0.15, 0.2) is 0 Å². The molecule has 2 fully saturated rings. The maximum atomic E-state index is 10.6. The Morgan fingerprint density at radius 1 is 1.44 bits per heavy atom. The summed E-state index contributed by atoms with van der Waals surface area (Å²) in [6.45, 7) is 2.17. The van der Waals surface area contributed by atoms with Crippen LogP contribution in [-0.4, -0.2) is 21.7 Å². The Morgan fingerprint density at radius 2 is 2.28 bits per heavy atom. The quantitative estimate of drug-likeness (QED) is 0.902. The third-order valence-electron chi connectivity index (χ3n) is 3.83. The first-order valence-corrected chi connectivity index (χ1v) is 7.75. The second kappa shape index (κ2) is 4.78. The highest BCUT2D eigenvalue weighted by molar-refractivity contribution is 8.00. The van der Waals surface area contributed by atoms with Crippen LogP contribution < -0.4 is 4.74 Å². The lowest BCUT2D eigenvalue weighted by atomic mass is 9.93. The molecule has 3 rings (SSSR count). The predicted molar refractivity (Wildman–Crippen MR) is 75.1 cm³/mol. The van der Waals surface area contributed by atoms with Gasteiger partial charge in [0.05, 0.1) is 12.2 Å². The maximum Gasteiger partial charge on any atom is 0.120 e. The first-order valence-electron chi connectivity index (χ1n) is 6.76. The smallest absolute Gasteiger partial charge is 0.120 e. The molecular weight excluding hydrogens is 244 g/mol. The van der Waals surface area contributed by atoms with E-state index in [4.69, 9.17) is 4.74 Å². The van der Waals surface area contributed by atoms with Crippen LogP contribution in [0.2, 0.25) is 0 Å². The summed E-state index contributed by atoms with van der Waals surface area (Å²) in [6, 6.07) is 7.99. The van der Waals surface area contributed by atoms with Crippen LogP contribution >= 0.6 is 11.8 Å². The number of benzene rings is 1. The third-order valence-corrected chi connectivity index (χ3v) is 5.41.